The van der Waals surface area contributed by atoms with Crippen LogP contribution in [0.15, 0.2) is 0 Å². The standard InChI is InChI=1S/C12H22N/c1-10-4-2-6-12(10)11-5-3-8-13-9-7-11/h10-12H,2-9H2,1H3. The van der Waals surface area contributed by atoms with E-state index in [1.165, 1.54) is 38.5 Å². The summed E-state index contributed by atoms with van der Waals surface area (Å²) in [4.78, 5) is 0. The Kier molecular flexibility index (Phi) is 3.26. The van der Waals surface area contributed by atoms with E-state index in [9.17, 15) is 0 Å². The second-order valence-corrected chi connectivity index (χ2v) is 4.93. The Morgan fingerprint density at radius 3 is 2.62 bits per heavy atom. The quantitative estimate of drug-likeness (QED) is 0.589. The summed E-state index contributed by atoms with van der Waals surface area (Å²) in [7, 11) is 0. The highest BCUT2D eigenvalue weighted by Crippen LogP contribution is 2.40. The molecule has 75 valence electrons. The van der Waals surface area contributed by atoms with Gasteiger partial charge in [0.15, 0.2) is 0 Å². The van der Waals surface area contributed by atoms with Gasteiger partial charge < -0.3 is 0 Å². The predicted octanol–water partition coefficient (Wildman–Crippen LogP) is 2.83. The molecular weight excluding hydrogens is 158 g/mol. The lowest BCUT2D eigenvalue weighted by Crippen LogP contribution is -2.18. The topological polar surface area (TPSA) is 14.1 Å². The molecule has 0 amide bonds. The summed E-state index contributed by atoms with van der Waals surface area (Å²) in [5.41, 5.74) is 0. The van der Waals surface area contributed by atoms with Crippen molar-refractivity contribution in [2.45, 2.75) is 45.4 Å². The van der Waals surface area contributed by atoms with E-state index in [2.05, 4.69) is 12.2 Å². The molecule has 3 unspecified atom stereocenters. The van der Waals surface area contributed by atoms with E-state index in [4.69, 9.17) is 0 Å². The fourth-order valence-corrected chi connectivity index (χ4v) is 3.28. The molecule has 2 fully saturated rings. The molecule has 1 saturated carbocycles. The Balaban J connectivity index is 1.89. The number of rotatable bonds is 1. The van der Waals surface area contributed by atoms with Crippen LogP contribution in [0.4, 0.5) is 0 Å². The molecule has 0 aromatic heterocycles. The molecule has 13 heavy (non-hydrogen) atoms. The third kappa shape index (κ3) is 2.25. The molecular formula is C12H22N. The lowest BCUT2D eigenvalue weighted by molar-refractivity contribution is 0.253. The van der Waals surface area contributed by atoms with E-state index < -0.39 is 0 Å². The number of nitrogens with zero attached hydrogens (tertiary/aromatic N) is 1. The van der Waals surface area contributed by atoms with Crippen molar-refractivity contribution < 1.29 is 0 Å². The Bertz CT molecular complexity index is 147. The molecule has 0 bridgehead atoms. The van der Waals surface area contributed by atoms with Crippen LogP contribution in [-0.2, 0) is 0 Å². The summed E-state index contributed by atoms with van der Waals surface area (Å²) in [5, 5.41) is 4.52. The van der Waals surface area contributed by atoms with Crippen LogP contribution in [0.3, 0.4) is 0 Å². The smallest absolute Gasteiger partial charge is 0.0136 e. The van der Waals surface area contributed by atoms with Crippen molar-refractivity contribution in [3.8, 4) is 0 Å². The molecule has 0 spiro atoms. The minimum absolute atomic E-state index is 1.00. The molecule has 1 saturated heterocycles. The van der Waals surface area contributed by atoms with Crippen LogP contribution in [0.5, 0.6) is 0 Å². The highest BCUT2D eigenvalue weighted by atomic mass is 14.8. The second-order valence-electron chi connectivity index (χ2n) is 4.93. The second kappa shape index (κ2) is 4.45. The Hall–Kier alpha value is -0.0400. The van der Waals surface area contributed by atoms with Crippen LogP contribution in [0.1, 0.15) is 45.4 Å². The van der Waals surface area contributed by atoms with E-state index >= 15 is 0 Å². The summed E-state index contributed by atoms with van der Waals surface area (Å²) >= 11 is 0. The van der Waals surface area contributed by atoms with E-state index in [0.29, 0.717) is 0 Å². The average molecular weight is 180 g/mol. The molecule has 0 aromatic carbocycles. The van der Waals surface area contributed by atoms with Crippen molar-refractivity contribution in [2.75, 3.05) is 13.1 Å². The summed E-state index contributed by atoms with van der Waals surface area (Å²) in [6.07, 6.45) is 8.67. The van der Waals surface area contributed by atoms with E-state index in [1.807, 2.05) is 0 Å². The largest absolute Gasteiger partial charge is 0.242 e. The van der Waals surface area contributed by atoms with Gasteiger partial charge in [0, 0.05) is 13.1 Å². The monoisotopic (exact) mass is 180 g/mol. The number of hydrogen-bond acceptors (Lipinski definition) is 0. The van der Waals surface area contributed by atoms with Crippen molar-refractivity contribution >= 4 is 0 Å². The average Bonchev–Trinajstić information content (AvgIpc) is 2.43. The maximum absolute atomic E-state index is 4.52. The van der Waals surface area contributed by atoms with Gasteiger partial charge in [0.1, 0.15) is 0 Å². The molecule has 1 radical (unpaired) electrons. The molecule has 3 atom stereocenters. The molecule has 2 rings (SSSR count). The molecule has 1 nitrogen and oxygen atoms in total. The fourth-order valence-electron chi connectivity index (χ4n) is 3.28. The van der Waals surface area contributed by atoms with E-state index in [0.717, 1.165) is 30.8 Å². The van der Waals surface area contributed by atoms with Gasteiger partial charge in [-0.2, -0.15) is 0 Å². The Morgan fingerprint density at radius 1 is 0.923 bits per heavy atom. The zero-order valence-corrected chi connectivity index (χ0v) is 8.84. The maximum Gasteiger partial charge on any atom is 0.0136 e. The minimum Gasteiger partial charge on any atom is -0.242 e. The first-order chi connectivity index (χ1) is 6.38. The van der Waals surface area contributed by atoms with Gasteiger partial charge in [-0.1, -0.05) is 19.8 Å². The molecule has 2 aliphatic rings. The minimum atomic E-state index is 1.00. The van der Waals surface area contributed by atoms with Gasteiger partial charge in [0.2, 0.25) is 0 Å². The summed E-state index contributed by atoms with van der Waals surface area (Å²) in [6.45, 7) is 4.74. The number of hydrogen-bond donors (Lipinski definition) is 0. The van der Waals surface area contributed by atoms with Gasteiger partial charge in [0.25, 0.3) is 0 Å². The normalized spacial score (nSPS) is 41.8. The zero-order chi connectivity index (χ0) is 9.10. The third-order valence-electron chi connectivity index (χ3n) is 4.08. The summed E-state index contributed by atoms with van der Waals surface area (Å²) in [5.74, 6) is 3.07. The van der Waals surface area contributed by atoms with Crippen molar-refractivity contribution in [2.24, 2.45) is 17.8 Å². The van der Waals surface area contributed by atoms with Crippen LogP contribution in [-0.4, -0.2) is 13.1 Å². The first-order valence-electron chi connectivity index (χ1n) is 6.01. The molecule has 1 aliphatic heterocycles. The van der Waals surface area contributed by atoms with Crippen LogP contribution in [0.2, 0.25) is 0 Å². The van der Waals surface area contributed by atoms with Gasteiger partial charge in [-0.05, 0) is 43.4 Å². The zero-order valence-electron chi connectivity index (χ0n) is 8.84. The van der Waals surface area contributed by atoms with E-state index in [-0.39, 0.29) is 0 Å². The van der Waals surface area contributed by atoms with Crippen molar-refractivity contribution in [3.05, 3.63) is 0 Å². The van der Waals surface area contributed by atoms with Gasteiger partial charge in [-0.15, -0.1) is 0 Å². The first-order valence-corrected chi connectivity index (χ1v) is 6.01. The fraction of sp³-hybridized carbons (Fsp3) is 1.00. The van der Waals surface area contributed by atoms with Crippen LogP contribution < -0.4 is 5.32 Å². The molecule has 0 aromatic rings. The summed E-state index contributed by atoms with van der Waals surface area (Å²) < 4.78 is 0. The molecule has 1 heterocycles. The predicted molar refractivity (Wildman–Crippen MR) is 55.7 cm³/mol. The highest BCUT2D eigenvalue weighted by molar-refractivity contribution is 4.82. The highest BCUT2D eigenvalue weighted by Gasteiger charge is 2.30. The van der Waals surface area contributed by atoms with Gasteiger partial charge in [0.05, 0.1) is 0 Å². The van der Waals surface area contributed by atoms with Crippen molar-refractivity contribution in [1.29, 1.82) is 0 Å². The Labute approximate surface area is 82.3 Å². The first kappa shape index (κ1) is 9.51. The van der Waals surface area contributed by atoms with E-state index in [1.54, 1.807) is 0 Å². The third-order valence-corrected chi connectivity index (χ3v) is 4.08. The van der Waals surface area contributed by atoms with Crippen LogP contribution >= 0.6 is 0 Å². The SMILES string of the molecule is CC1CCCC1C1CCC[N]CC1. The van der Waals surface area contributed by atoms with Crippen molar-refractivity contribution in [1.82, 2.24) is 5.32 Å². The maximum atomic E-state index is 4.52. The van der Waals surface area contributed by atoms with Crippen LogP contribution in [0, 0.1) is 17.8 Å². The Morgan fingerprint density at radius 2 is 1.85 bits per heavy atom. The van der Waals surface area contributed by atoms with Crippen LogP contribution in [0.25, 0.3) is 0 Å². The molecule has 0 N–H and O–H groups in total. The van der Waals surface area contributed by atoms with Gasteiger partial charge in [-0.25, -0.2) is 5.32 Å². The lowest BCUT2D eigenvalue weighted by Gasteiger charge is -2.25. The van der Waals surface area contributed by atoms with Gasteiger partial charge in [-0.3, -0.25) is 0 Å². The lowest BCUT2D eigenvalue weighted by atomic mass is 9.80. The van der Waals surface area contributed by atoms with Crippen molar-refractivity contribution in [3.63, 3.8) is 0 Å². The molecule has 1 aliphatic carbocycles. The molecule has 1 heteroatoms. The van der Waals surface area contributed by atoms with Gasteiger partial charge >= 0.3 is 0 Å². The summed E-state index contributed by atoms with van der Waals surface area (Å²) in [6, 6.07) is 0.